The molecular weight excluding hydrogens is 400 g/mol. The number of carbonyl (C=O) groups excluding carboxylic acids is 1. The fourth-order valence-electron chi connectivity index (χ4n) is 3.38. The molecule has 0 aliphatic rings. The highest BCUT2D eigenvalue weighted by atomic mass is 16.1. The van der Waals surface area contributed by atoms with Crippen LogP contribution in [0.15, 0.2) is 73.0 Å². The maximum atomic E-state index is 12.6. The molecule has 3 aromatic heterocycles. The van der Waals surface area contributed by atoms with Crippen molar-refractivity contribution in [2.24, 2.45) is 5.41 Å². The lowest BCUT2D eigenvalue weighted by molar-refractivity contribution is -0.112. The third kappa shape index (κ3) is 4.55. The molecule has 1 aromatic carbocycles. The summed E-state index contributed by atoms with van der Waals surface area (Å²) in [7, 11) is 0. The van der Waals surface area contributed by atoms with Gasteiger partial charge in [-0.15, -0.1) is 0 Å². The van der Waals surface area contributed by atoms with Crippen molar-refractivity contribution in [3.05, 3.63) is 73.0 Å². The number of nitrogens with zero attached hydrogens (tertiary/aromatic N) is 4. The first-order valence-electron chi connectivity index (χ1n) is 10.1. The third-order valence-electron chi connectivity index (χ3n) is 4.79. The van der Waals surface area contributed by atoms with E-state index in [-0.39, 0.29) is 11.0 Å². The van der Waals surface area contributed by atoms with Crippen LogP contribution in [0.25, 0.3) is 33.4 Å². The first-order valence-corrected chi connectivity index (χ1v) is 10.1. The molecule has 0 atom stereocenters. The van der Waals surface area contributed by atoms with Gasteiger partial charge in [-0.25, -0.2) is 15.0 Å². The van der Waals surface area contributed by atoms with Crippen molar-refractivity contribution in [2.75, 3.05) is 5.32 Å². The Kier molecular flexibility index (Phi) is 5.52. The summed E-state index contributed by atoms with van der Waals surface area (Å²) in [5, 5.41) is 13.1. The average molecular weight is 422 g/mol. The maximum absolute atomic E-state index is 12.6. The molecule has 7 nitrogen and oxygen atoms in total. The van der Waals surface area contributed by atoms with Gasteiger partial charge in [0.25, 0.3) is 5.91 Å². The van der Waals surface area contributed by atoms with Gasteiger partial charge in [0.2, 0.25) is 0 Å². The fraction of sp³-hybridized carbons (Fsp3) is 0.160. The predicted octanol–water partition coefficient (Wildman–Crippen LogP) is 5.12. The second-order valence-corrected chi connectivity index (χ2v) is 8.49. The summed E-state index contributed by atoms with van der Waals surface area (Å²) >= 11 is 0. The number of nitriles is 1. The van der Waals surface area contributed by atoms with Crippen LogP contribution in [0.3, 0.4) is 0 Å². The maximum Gasteiger partial charge on any atom is 0.265 e. The first kappa shape index (κ1) is 20.9. The number of aromatic amines is 1. The van der Waals surface area contributed by atoms with E-state index >= 15 is 0 Å². The summed E-state index contributed by atoms with van der Waals surface area (Å²) in [6.45, 7) is 5.83. The Balaban J connectivity index is 1.66. The van der Waals surface area contributed by atoms with Crippen LogP contribution in [0.1, 0.15) is 20.8 Å². The number of hydrogen-bond acceptors (Lipinski definition) is 5. The van der Waals surface area contributed by atoms with Crippen LogP contribution in [-0.2, 0) is 4.79 Å². The molecule has 0 saturated heterocycles. The predicted molar refractivity (Wildman–Crippen MR) is 124 cm³/mol. The van der Waals surface area contributed by atoms with Crippen molar-refractivity contribution in [1.29, 1.82) is 5.26 Å². The van der Waals surface area contributed by atoms with Gasteiger partial charge in [-0.3, -0.25) is 4.79 Å². The molecule has 1 amide bonds. The number of carbonyl (C=O) groups is 1. The minimum absolute atomic E-state index is 0.0906. The van der Waals surface area contributed by atoms with E-state index in [2.05, 4.69) is 25.3 Å². The molecule has 158 valence electrons. The van der Waals surface area contributed by atoms with Gasteiger partial charge in [0, 0.05) is 40.8 Å². The Labute approximate surface area is 185 Å². The number of rotatable bonds is 4. The summed E-state index contributed by atoms with van der Waals surface area (Å²) in [5.41, 5.74) is 4.72. The van der Waals surface area contributed by atoms with E-state index in [1.807, 2.05) is 63.4 Å². The van der Waals surface area contributed by atoms with Crippen molar-refractivity contribution in [1.82, 2.24) is 19.9 Å². The highest BCUT2D eigenvalue weighted by Gasteiger charge is 2.15. The topological polar surface area (TPSA) is 107 Å². The van der Waals surface area contributed by atoms with Crippen LogP contribution in [0.5, 0.6) is 0 Å². The number of hydrogen-bond donors (Lipinski definition) is 2. The van der Waals surface area contributed by atoms with E-state index in [9.17, 15) is 10.1 Å². The van der Waals surface area contributed by atoms with Gasteiger partial charge in [0.1, 0.15) is 23.6 Å². The second-order valence-electron chi connectivity index (χ2n) is 8.49. The molecule has 4 aromatic rings. The van der Waals surface area contributed by atoms with Crippen molar-refractivity contribution in [3.8, 4) is 28.5 Å². The molecular formula is C25H22N6O. The summed E-state index contributed by atoms with van der Waals surface area (Å²) < 4.78 is 0. The molecule has 0 aliphatic heterocycles. The quantitative estimate of drug-likeness (QED) is 0.350. The Morgan fingerprint density at radius 2 is 2.00 bits per heavy atom. The van der Waals surface area contributed by atoms with E-state index in [0.717, 1.165) is 33.4 Å². The van der Waals surface area contributed by atoms with Crippen molar-refractivity contribution >= 4 is 22.6 Å². The average Bonchev–Trinajstić information content (AvgIpc) is 3.21. The number of amides is 1. The Morgan fingerprint density at radius 3 is 2.72 bits per heavy atom. The number of aromatic nitrogens is 4. The number of anilines is 1. The molecule has 0 fully saturated rings. The van der Waals surface area contributed by atoms with Crippen molar-refractivity contribution < 1.29 is 4.79 Å². The molecule has 3 heterocycles. The Bertz CT molecular complexity index is 1360. The summed E-state index contributed by atoms with van der Waals surface area (Å²) in [5.74, 6) is -0.426. The smallest absolute Gasteiger partial charge is 0.265 e. The van der Waals surface area contributed by atoms with Gasteiger partial charge >= 0.3 is 0 Å². The molecule has 0 unspecified atom stereocenters. The van der Waals surface area contributed by atoms with Gasteiger partial charge in [-0.05, 0) is 35.2 Å². The normalized spacial score (nSPS) is 11.9. The number of benzene rings is 1. The van der Waals surface area contributed by atoms with Gasteiger partial charge in [0.05, 0.1) is 5.69 Å². The number of nitrogens with one attached hydrogen (secondary N) is 2. The first-order chi connectivity index (χ1) is 15.3. The molecule has 32 heavy (non-hydrogen) atoms. The second kappa shape index (κ2) is 8.44. The fourth-order valence-corrected chi connectivity index (χ4v) is 3.38. The van der Waals surface area contributed by atoms with Crippen LogP contribution < -0.4 is 5.32 Å². The van der Waals surface area contributed by atoms with Gasteiger partial charge in [0.15, 0.2) is 0 Å². The van der Waals surface area contributed by atoms with E-state index < -0.39 is 5.91 Å². The highest BCUT2D eigenvalue weighted by molar-refractivity contribution is 6.07. The molecule has 0 aliphatic carbocycles. The van der Waals surface area contributed by atoms with Gasteiger partial charge in [-0.2, -0.15) is 5.26 Å². The van der Waals surface area contributed by atoms with E-state index in [1.54, 1.807) is 24.5 Å². The zero-order valence-corrected chi connectivity index (χ0v) is 18.0. The molecule has 4 rings (SSSR count). The van der Waals surface area contributed by atoms with Crippen LogP contribution in [-0.4, -0.2) is 25.8 Å². The molecule has 2 N–H and O–H groups in total. The van der Waals surface area contributed by atoms with Crippen LogP contribution in [0.2, 0.25) is 0 Å². The largest absolute Gasteiger partial charge is 0.345 e. The Morgan fingerprint density at radius 1 is 1.16 bits per heavy atom. The van der Waals surface area contributed by atoms with Gasteiger partial charge in [-0.1, -0.05) is 39.0 Å². The summed E-state index contributed by atoms with van der Waals surface area (Å²) in [4.78, 5) is 28.6. The van der Waals surface area contributed by atoms with Crippen LogP contribution in [0, 0.1) is 16.7 Å². The summed E-state index contributed by atoms with van der Waals surface area (Å²) in [6, 6.07) is 13.3. The van der Waals surface area contributed by atoms with Crippen molar-refractivity contribution in [2.45, 2.75) is 20.8 Å². The van der Waals surface area contributed by atoms with E-state index in [0.29, 0.717) is 5.69 Å². The molecule has 0 radical (unpaired) electrons. The monoisotopic (exact) mass is 422 g/mol. The minimum atomic E-state index is -0.426. The lowest BCUT2D eigenvalue weighted by Crippen LogP contribution is -2.15. The Hall–Kier alpha value is -4.31. The third-order valence-corrected chi connectivity index (χ3v) is 4.79. The highest BCUT2D eigenvalue weighted by Crippen LogP contribution is 2.30. The number of fused-ring (bicyclic) bond motifs is 1. The van der Waals surface area contributed by atoms with E-state index in [4.69, 9.17) is 0 Å². The SMILES string of the molecule is CC(C)(C)/C=C(/C#N)C(=O)Nc1cccc(-c2cnc3[nH]cc(-c4ccncn4)c3c2)c1. The summed E-state index contributed by atoms with van der Waals surface area (Å²) in [6.07, 6.45) is 8.55. The lowest BCUT2D eigenvalue weighted by atomic mass is 9.93. The minimum Gasteiger partial charge on any atom is -0.345 e. The standard InChI is InChI=1S/C25H22N6O/c1-25(2,3)11-18(12-26)24(32)31-19-6-4-5-16(9-19)17-10-20-21(14-29-23(20)28-13-17)22-7-8-27-15-30-22/h4-11,13-15H,1-3H3,(H,28,29)(H,31,32)/b18-11-. The molecule has 0 spiro atoms. The molecule has 0 saturated carbocycles. The van der Waals surface area contributed by atoms with Crippen LogP contribution in [0.4, 0.5) is 5.69 Å². The van der Waals surface area contributed by atoms with Gasteiger partial charge < -0.3 is 10.3 Å². The van der Waals surface area contributed by atoms with E-state index in [1.165, 1.54) is 6.33 Å². The molecule has 0 bridgehead atoms. The number of pyridine rings is 1. The zero-order valence-electron chi connectivity index (χ0n) is 18.0. The number of H-pyrrole nitrogens is 1. The zero-order chi connectivity index (χ0) is 22.7. The number of allylic oxidation sites excluding steroid dienone is 1. The van der Waals surface area contributed by atoms with Crippen molar-refractivity contribution in [3.63, 3.8) is 0 Å². The molecule has 7 heteroatoms. The lowest BCUT2D eigenvalue weighted by Gasteiger charge is -2.13. The van der Waals surface area contributed by atoms with Crippen LogP contribution >= 0.6 is 0 Å².